The van der Waals surface area contributed by atoms with Gasteiger partial charge in [0.25, 0.3) is 0 Å². The van der Waals surface area contributed by atoms with Crippen LogP contribution in [0.3, 0.4) is 0 Å². The van der Waals surface area contributed by atoms with Crippen molar-refractivity contribution < 1.29 is 24.2 Å². The molecular weight excluding hydrogens is 406 g/mol. The normalized spacial score (nSPS) is 13.1. The largest absolute Gasteiger partial charge is 0.467 e. The van der Waals surface area contributed by atoms with E-state index < -0.39 is 18.2 Å². The maximum absolute atomic E-state index is 12.6. The second kappa shape index (κ2) is 9.66. The first-order valence-corrected chi connectivity index (χ1v) is 10.5. The first kappa shape index (κ1) is 21.6. The van der Waals surface area contributed by atoms with E-state index in [0.717, 1.165) is 16.7 Å². The Morgan fingerprint density at radius 3 is 2.19 bits per heavy atom. The monoisotopic (exact) mass is 431 g/mol. The van der Waals surface area contributed by atoms with Crippen LogP contribution in [-0.4, -0.2) is 37.0 Å². The number of hydrogen-bond donors (Lipinski definition) is 2. The van der Waals surface area contributed by atoms with E-state index in [0.29, 0.717) is 12.1 Å². The summed E-state index contributed by atoms with van der Waals surface area (Å²) in [5, 5.41) is 12.6. The van der Waals surface area contributed by atoms with Gasteiger partial charge in [0.1, 0.15) is 6.61 Å². The number of methoxy groups -OCH3 is 1. The van der Waals surface area contributed by atoms with E-state index in [9.17, 15) is 14.7 Å². The van der Waals surface area contributed by atoms with Gasteiger partial charge in [-0.3, -0.25) is 5.32 Å². The molecule has 0 radical (unpaired) electrons. The van der Waals surface area contributed by atoms with Crippen molar-refractivity contribution in [3.05, 3.63) is 89.5 Å². The van der Waals surface area contributed by atoms with Gasteiger partial charge in [-0.2, -0.15) is 0 Å². The second-order valence-corrected chi connectivity index (χ2v) is 7.69. The minimum atomic E-state index is -1.21. The lowest BCUT2D eigenvalue weighted by Gasteiger charge is -2.16. The van der Waals surface area contributed by atoms with Gasteiger partial charge in [0.2, 0.25) is 0 Å². The fourth-order valence-corrected chi connectivity index (χ4v) is 4.15. The molecule has 164 valence electrons. The summed E-state index contributed by atoms with van der Waals surface area (Å²) < 4.78 is 10.2. The summed E-state index contributed by atoms with van der Waals surface area (Å²) in [6.45, 7) is 0.225. The van der Waals surface area contributed by atoms with Gasteiger partial charge in [-0.25, -0.2) is 9.59 Å². The molecule has 32 heavy (non-hydrogen) atoms. The molecule has 1 atom stereocenters. The molecule has 0 saturated carbocycles. The zero-order valence-corrected chi connectivity index (χ0v) is 17.8. The summed E-state index contributed by atoms with van der Waals surface area (Å²) in [5.41, 5.74) is 6.03. The topological polar surface area (TPSA) is 84.9 Å². The zero-order chi connectivity index (χ0) is 22.5. The van der Waals surface area contributed by atoms with Gasteiger partial charge >= 0.3 is 12.1 Å². The van der Waals surface area contributed by atoms with E-state index in [-0.39, 0.29) is 18.9 Å². The maximum Gasteiger partial charge on any atom is 0.411 e. The van der Waals surface area contributed by atoms with Gasteiger partial charge < -0.3 is 14.6 Å². The molecule has 0 heterocycles. The lowest BCUT2D eigenvalue weighted by atomic mass is 9.98. The number of amides is 1. The fraction of sp³-hybridized carbons (Fsp3) is 0.231. The molecule has 0 saturated heterocycles. The average Bonchev–Trinajstić information content (AvgIpc) is 3.15. The number of hydrogen-bond acceptors (Lipinski definition) is 5. The van der Waals surface area contributed by atoms with Crippen LogP contribution in [0.15, 0.2) is 72.8 Å². The number of para-hydroxylation sites is 1. The van der Waals surface area contributed by atoms with E-state index in [1.807, 2.05) is 36.4 Å². The highest BCUT2D eigenvalue weighted by atomic mass is 16.5. The van der Waals surface area contributed by atoms with E-state index in [4.69, 9.17) is 4.74 Å². The van der Waals surface area contributed by atoms with Gasteiger partial charge in [0.15, 0.2) is 6.10 Å². The van der Waals surface area contributed by atoms with Crippen LogP contribution in [0.5, 0.6) is 0 Å². The molecule has 1 amide bonds. The minimum absolute atomic E-state index is 0.0152. The van der Waals surface area contributed by atoms with Crippen LogP contribution in [0.2, 0.25) is 0 Å². The van der Waals surface area contributed by atoms with Crippen molar-refractivity contribution in [1.29, 1.82) is 0 Å². The standard InChI is InChI=1S/C26H25NO5/c1-31-25(29)24(28)15-14-17-8-2-7-13-23(17)27-26(30)32-16-22-20-11-5-3-9-18(20)19-10-4-6-12-21(19)22/h2-13,22,24,28H,14-16H2,1H3,(H,27,30)/t24-/m0/s1. The first-order valence-electron chi connectivity index (χ1n) is 10.5. The number of carbonyl (C=O) groups excluding carboxylic acids is 2. The number of esters is 1. The number of nitrogens with one attached hydrogen (secondary N) is 1. The van der Waals surface area contributed by atoms with E-state index in [1.165, 1.54) is 18.2 Å². The number of fused-ring (bicyclic) bond motifs is 3. The molecular formula is C26H25NO5. The maximum atomic E-state index is 12.6. The van der Waals surface area contributed by atoms with Crippen LogP contribution in [-0.2, 0) is 20.7 Å². The average molecular weight is 431 g/mol. The lowest BCUT2D eigenvalue weighted by Crippen LogP contribution is -2.22. The second-order valence-electron chi connectivity index (χ2n) is 7.69. The highest BCUT2D eigenvalue weighted by Crippen LogP contribution is 2.44. The number of ether oxygens (including phenoxy) is 2. The van der Waals surface area contributed by atoms with Crippen molar-refractivity contribution in [3.63, 3.8) is 0 Å². The third kappa shape index (κ3) is 4.50. The summed E-state index contributed by atoms with van der Waals surface area (Å²) in [5.74, 6) is -0.689. The Morgan fingerprint density at radius 1 is 0.938 bits per heavy atom. The Labute approximate surface area is 186 Å². The molecule has 0 fully saturated rings. The molecule has 3 aromatic rings. The highest BCUT2D eigenvalue weighted by molar-refractivity contribution is 5.86. The molecule has 4 rings (SSSR count). The summed E-state index contributed by atoms with van der Waals surface area (Å²) in [6, 6.07) is 23.6. The Kier molecular flexibility index (Phi) is 6.52. The summed E-state index contributed by atoms with van der Waals surface area (Å²) in [4.78, 5) is 24.0. The first-order chi connectivity index (χ1) is 15.6. The Balaban J connectivity index is 1.41. The molecule has 0 aliphatic heterocycles. The smallest absolute Gasteiger partial charge is 0.411 e. The fourth-order valence-electron chi connectivity index (χ4n) is 4.15. The van der Waals surface area contributed by atoms with Crippen molar-refractivity contribution in [1.82, 2.24) is 0 Å². The van der Waals surface area contributed by atoms with E-state index in [1.54, 1.807) is 12.1 Å². The van der Waals surface area contributed by atoms with Crippen LogP contribution >= 0.6 is 0 Å². The molecule has 0 bridgehead atoms. The molecule has 0 aromatic heterocycles. The predicted molar refractivity (Wildman–Crippen MR) is 121 cm³/mol. The van der Waals surface area contributed by atoms with Gasteiger partial charge in [0.05, 0.1) is 7.11 Å². The van der Waals surface area contributed by atoms with Crippen molar-refractivity contribution >= 4 is 17.7 Å². The van der Waals surface area contributed by atoms with Crippen molar-refractivity contribution in [2.45, 2.75) is 24.9 Å². The number of rotatable bonds is 7. The van der Waals surface area contributed by atoms with Gasteiger partial charge in [-0.1, -0.05) is 66.7 Å². The van der Waals surface area contributed by atoms with Crippen LogP contribution in [0.25, 0.3) is 11.1 Å². The molecule has 3 aromatic carbocycles. The Bertz CT molecular complexity index is 1080. The van der Waals surface area contributed by atoms with Crippen LogP contribution in [0.4, 0.5) is 10.5 Å². The molecule has 6 heteroatoms. The van der Waals surface area contributed by atoms with Crippen molar-refractivity contribution in [2.75, 3.05) is 19.0 Å². The van der Waals surface area contributed by atoms with Gasteiger partial charge in [-0.05, 0) is 46.7 Å². The third-order valence-corrected chi connectivity index (χ3v) is 5.76. The van der Waals surface area contributed by atoms with Gasteiger partial charge in [0, 0.05) is 11.6 Å². The Hall–Kier alpha value is -3.64. The molecule has 2 N–H and O–H groups in total. The SMILES string of the molecule is COC(=O)[C@@H](O)CCc1ccccc1NC(=O)OCC1c2ccccc2-c2ccccc21. The number of benzene rings is 3. The van der Waals surface area contributed by atoms with Crippen molar-refractivity contribution in [3.8, 4) is 11.1 Å². The summed E-state index contributed by atoms with van der Waals surface area (Å²) >= 11 is 0. The minimum Gasteiger partial charge on any atom is -0.467 e. The molecule has 6 nitrogen and oxygen atoms in total. The summed E-state index contributed by atoms with van der Waals surface area (Å²) in [7, 11) is 1.23. The number of carbonyl (C=O) groups is 2. The number of aliphatic hydroxyl groups excluding tert-OH is 1. The predicted octanol–water partition coefficient (Wildman–Crippen LogP) is 4.51. The van der Waals surface area contributed by atoms with Crippen LogP contribution in [0.1, 0.15) is 29.0 Å². The third-order valence-electron chi connectivity index (χ3n) is 5.76. The van der Waals surface area contributed by atoms with E-state index >= 15 is 0 Å². The van der Waals surface area contributed by atoms with Crippen molar-refractivity contribution in [2.24, 2.45) is 0 Å². The quantitative estimate of drug-likeness (QED) is 0.538. The van der Waals surface area contributed by atoms with Gasteiger partial charge in [-0.15, -0.1) is 0 Å². The number of aryl methyl sites for hydroxylation is 1. The Morgan fingerprint density at radius 2 is 1.53 bits per heavy atom. The number of anilines is 1. The van der Waals surface area contributed by atoms with E-state index in [2.05, 4.69) is 34.3 Å². The molecule has 0 unspecified atom stereocenters. The molecule has 1 aliphatic rings. The lowest BCUT2D eigenvalue weighted by molar-refractivity contribution is -0.150. The zero-order valence-electron chi connectivity index (χ0n) is 17.8. The van der Waals surface area contributed by atoms with Crippen LogP contribution in [0, 0.1) is 0 Å². The molecule has 1 aliphatic carbocycles. The molecule has 0 spiro atoms. The number of aliphatic hydroxyl groups is 1. The van der Waals surface area contributed by atoms with Crippen LogP contribution < -0.4 is 5.32 Å². The summed E-state index contributed by atoms with van der Waals surface area (Å²) in [6.07, 6.45) is -1.16. The highest BCUT2D eigenvalue weighted by Gasteiger charge is 2.29.